The lowest BCUT2D eigenvalue weighted by atomic mass is 10.2. The van der Waals surface area contributed by atoms with Crippen molar-refractivity contribution >= 4 is 11.3 Å². The van der Waals surface area contributed by atoms with Gasteiger partial charge in [0.15, 0.2) is 5.82 Å². The molecule has 1 N–H and O–H groups in total. The van der Waals surface area contributed by atoms with E-state index in [1.54, 1.807) is 11.3 Å². The second-order valence-electron chi connectivity index (χ2n) is 5.33. The predicted molar refractivity (Wildman–Crippen MR) is 81.2 cm³/mol. The average molecular weight is 307 g/mol. The number of thiazole rings is 1. The minimum absolute atomic E-state index is 0.0328. The monoisotopic (exact) mass is 307 g/mol. The number of morpholine rings is 1. The van der Waals surface area contributed by atoms with Gasteiger partial charge in [-0.05, 0) is 13.3 Å². The highest BCUT2D eigenvalue weighted by Crippen LogP contribution is 2.22. The fourth-order valence-electron chi connectivity index (χ4n) is 2.50. The number of aromatic nitrogens is 4. The maximum absolute atomic E-state index is 5.83. The van der Waals surface area contributed by atoms with Crippen LogP contribution in [0.3, 0.4) is 0 Å². The molecule has 0 aromatic carbocycles. The van der Waals surface area contributed by atoms with Crippen LogP contribution in [0.4, 0.5) is 0 Å². The molecule has 3 heterocycles. The van der Waals surface area contributed by atoms with Crippen molar-refractivity contribution in [1.29, 1.82) is 0 Å². The Morgan fingerprint density at radius 3 is 3.19 bits per heavy atom. The molecule has 0 unspecified atom stereocenters. The molecular formula is C14H21N5OS. The molecule has 6 nitrogen and oxygen atoms in total. The van der Waals surface area contributed by atoms with Gasteiger partial charge in [-0.15, -0.1) is 11.3 Å². The molecular weight excluding hydrogens is 286 g/mol. The molecule has 0 amide bonds. The van der Waals surface area contributed by atoms with E-state index in [1.807, 2.05) is 13.1 Å². The quantitative estimate of drug-likeness (QED) is 0.916. The molecule has 0 aliphatic carbocycles. The minimum Gasteiger partial charge on any atom is -0.367 e. The third-order valence-corrected chi connectivity index (χ3v) is 4.42. The van der Waals surface area contributed by atoms with Crippen LogP contribution in [0.1, 0.15) is 41.0 Å². The van der Waals surface area contributed by atoms with Gasteiger partial charge in [0, 0.05) is 37.1 Å². The van der Waals surface area contributed by atoms with E-state index in [0.29, 0.717) is 0 Å². The summed E-state index contributed by atoms with van der Waals surface area (Å²) >= 11 is 1.76. The highest BCUT2D eigenvalue weighted by atomic mass is 32.1. The van der Waals surface area contributed by atoms with E-state index in [-0.39, 0.29) is 6.10 Å². The predicted octanol–water partition coefficient (Wildman–Crippen LogP) is 2.10. The third-order valence-electron chi connectivity index (χ3n) is 3.52. The van der Waals surface area contributed by atoms with E-state index < -0.39 is 0 Å². The SMILES string of the molecule is CCCc1nc([C@@H]2CN(Cc3cnc(C)s3)CCO2)n[nH]1. The lowest BCUT2D eigenvalue weighted by Crippen LogP contribution is -2.38. The topological polar surface area (TPSA) is 66.9 Å². The lowest BCUT2D eigenvalue weighted by Gasteiger charge is -2.31. The first-order valence-electron chi connectivity index (χ1n) is 7.41. The number of rotatable bonds is 5. The number of H-pyrrole nitrogens is 1. The maximum atomic E-state index is 5.83. The highest BCUT2D eigenvalue weighted by Gasteiger charge is 2.25. The minimum atomic E-state index is -0.0328. The number of ether oxygens (including phenoxy) is 1. The van der Waals surface area contributed by atoms with Crippen LogP contribution in [0.5, 0.6) is 0 Å². The van der Waals surface area contributed by atoms with Crippen LogP contribution in [0.15, 0.2) is 6.20 Å². The fourth-order valence-corrected chi connectivity index (χ4v) is 3.34. The molecule has 1 aliphatic heterocycles. The van der Waals surface area contributed by atoms with Crippen molar-refractivity contribution in [3.05, 3.63) is 27.7 Å². The Morgan fingerprint density at radius 1 is 1.52 bits per heavy atom. The Morgan fingerprint density at radius 2 is 2.43 bits per heavy atom. The number of hydrogen-bond donors (Lipinski definition) is 1. The maximum Gasteiger partial charge on any atom is 0.180 e. The van der Waals surface area contributed by atoms with E-state index >= 15 is 0 Å². The summed E-state index contributed by atoms with van der Waals surface area (Å²) in [5.41, 5.74) is 0. The number of aryl methyl sites for hydroxylation is 2. The van der Waals surface area contributed by atoms with Crippen molar-refractivity contribution in [1.82, 2.24) is 25.1 Å². The average Bonchev–Trinajstić information content (AvgIpc) is 3.09. The van der Waals surface area contributed by atoms with Crippen molar-refractivity contribution in [2.75, 3.05) is 19.7 Å². The number of hydrogen-bond acceptors (Lipinski definition) is 6. The molecule has 0 saturated carbocycles. The second kappa shape index (κ2) is 6.64. The van der Waals surface area contributed by atoms with Gasteiger partial charge in [-0.25, -0.2) is 9.97 Å². The van der Waals surface area contributed by atoms with Crippen molar-refractivity contribution in [3.63, 3.8) is 0 Å². The summed E-state index contributed by atoms with van der Waals surface area (Å²) in [5, 5.41) is 8.43. The summed E-state index contributed by atoms with van der Waals surface area (Å²) in [5.74, 6) is 1.73. The van der Waals surface area contributed by atoms with Crippen LogP contribution in [-0.2, 0) is 17.7 Å². The zero-order chi connectivity index (χ0) is 14.7. The molecule has 2 aromatic heterocycles. The lowest BCUT2D eigenvalue weighted by molar-refractivity contribution is -0.0368. The molecule has 0 spiro atoms. The van der Waals surface area contributed by atoms with Gasteiger partial charge in [0.2, 0.25) is 0 Å². The van der Waals surface area contributed by atoms with E-state index in [1.165, 1.54) is 4.88 Å². The van der Waals surface area contributed by atoms with Gasteiger partial charge in [-0.3, -0.25) is 10.00 Å². The molecule has 21 heavy (non-hydrogen) atoms. The number of nitrogens with zero attached hydrogens (tertiary/aromatic N) is 4. The highest BCUT2D eigenvalue weighted by molar-refractivity contribution is 7.11. The molecule has 1 atom stereocenters. The van der Waals surface area contributed by atoms with Crippen molar-refractivity contribution in [2.45, 2.75) is 39.3 Å². The molecule has 7 heteroatoms. The first kappa shape index (κ1) is 14.6. The molecule has 0 bridgehead atoms. The smallest absolute Gasteiger partial charge is 0.180 e. The zero-order valence-electron chi connectivity index (χ0n) is 12.5. The van der Waals surface area contributed by atoms with Gasteiger partial charge >= 0.3 is 0 Å². The van der Waals surface area contributed by atoms with E-state index in [4.69, 9.17) is 4.74 Å². The summed E-state index contributed by atoms with van der Waals surface area (Å²) in [7, 11) is 0. The van der Waals surface area contributed by atoms with Crippen LogP contribution in [0.25, 0.3) is 0 Å². The van der Waals surface area contributed by atoms with Crippen molar-refractivity contribution in [2.24, 2.45) is 0 Å². The number of nitrogens with one attached hydrogen (secondary N) is 1. The fraction of sp³-hybridized carbons (Fsp3) is 0.643. The Hall–Kier alpha value is -1.31. The van der Waals surface area contributed by atoms with Crippen molar-refractivity contribution < 1.29 is 4.74 Å². The van der Waals surface area contributed by atoms with Crippen LogP contribution in [-0.4, -0.2) is 44.8 Å². The van der Waals surface area contributed by atoms with Gasteiger partial charge in [-0.1, -0.05) is 6.92 Å². The largest absolute Gasteiger partial charge is 0.367 e. The van der Waals surface area contributed by atoms with E-state index in [2.05, 4.69) is 32.0 Å². The van der Waals surface area contributed by atoms with Crippen LogP contribution < -0.4 is 0 Å². The summed E-state index contributed by atoms with van der Waals surface area (Å²) in [6.45, 7) is 7.61. The van der Waals surface area contributed by atoms with Crippen LogP contribution in [0, 0.1) is 6.92 Å². The van der Waals surface area contributed by atoms with E-state index in [9.17, 15) is 0 Å². The van der Waals surface area contributed by atoms with Gasteiger partial charge in [0.1, 0.15) is 11.9 Å². The summed E-state index contributed by atoms with van der Waals surface area (Å²) in [4.78, 5) is 12.5. The molecule has 1 aliphatic rings. The normalized spacial score (nSPS) is 20.0. The van der Waals surface area contributed by atoms with Crippen LogP contribution in [0.2, 0.25) is 0 Å². The van der Waals surface area contributed by atoms with E-state index in [0.717, 1.165) is 55.7 Å². The third kappa shape index (κ3) is 3.66. The van der Waals surface area contributed by atoms with Gasteiger partial charge in [-0.2, -0.15) is 5.10 Å². The van der Waals surface area contributed by atoms with Gasteiger partial charge < -0.3 is 4.74 Å². The molecule has 1 saturated heterocycles. The second-order valence-corrected chi connectivity index (χ2v) is 6.65. The Balaban J connectivity index is 1.61. The Labute approximate surface area is 128 Å². The molecule has 3 rings (SSSR count). The molecule has 1 fully saturated rings. The molecule has 2 aromatic rings. The Bertz CT molecular complexity index is 581. The number of aromatic amines is 1. The first-order chi connectivity index (χ1) is 10.2. The van der Waals surface area contributed by atoms with Crippen LogP contribution >= 0.6 is 11.3 Å². The van der Waals surface area contributed by atoms with Gasteiger partial charge in [0.05, 0.1) is 11.6 Å². The molecule has 114 valence electrons. The summed E-state index contributed by atoms with van der Waals surface area (Å²) in [6.07, 6.45) is 3.94. The van der Waals surface area contributed by atoms with Crippen molar-refractivity contribution in [3.8, 4) is 0 Å². The Kier molecular flexibility index (Phi) is 4.62. The molecule has 0 radical (unpaired) electrons. The summed E-state index contributed by atoms with van der Waals surface area (Å²) in [6, 6.07) is 0. The standard InChI is InChI=1S/C14H21N5OS/c1-3-4-13-16-14(18-17-13)12-9-19(5-6-20-12)8-11-7-15-10(2)21-11/h7,12H,3-6,8-9H2,1-2H3,(H,16,17,18)/t12-/m0/s1. The zero-order valence-corrected chi connectivity index (χ0v) is 13.3. The van der Waals surface area contributed by atoms with Gasteiger partial charge in [0.25, 0.3) is 0 Å². The first-order valence-corrected chi connectivity index (χ1v) is 8.22. The summed E-state index contributed by atoms with van der Waals surface area (Å²) < 4.78 is 5.83.